The predicted octanol–water partition coefficient (Wildman–Crippen LogP) is 2.84. The summed E-state index contributed by atoms with van der Waals surface area (Å²) in [6.45, 7) is 5.11. The van der Waals surface area contributed by atoms with Crippen molar-refractivity contribution in [1.82, 2.24) is 20.0 Å². The van der Waals surface area contributed by atoms with Gasteiger partial charge in [-0.25, -0.2) is 9.67 Å². The summed E-state index contributed by atoms with van der Waals surface area (Å²) < 4.78 is 6.70. The van der Waals surface area contributed by atoms with Gasteiger partial charge in [0.2, 0.25) is 0 Å². The van der Waals surface area contributed by atoms with E-state index in [1.807, 2.05) is 29.1 Å². The molecular weight excluding hydrogens is 469 g/mol. The van der Waals surface area contributed by atoms with E-state index in [-0.39, 0.29) is 35.9 Å². The number of aromatic nitrogens is 2. The second-order valence-corrected chi connectivity index (χ2v) is 6.57. The van der Waals surface area contributed by atoms with Crippen LogP contribution in [0.25, 0.3) is 5.69 Å². The zero-order valence-electron chi connectivity index (χ0n) is 16.4. The number of hydrogen-bond donors (Lipinski definition) is 1. The van der Waals surface area contributed by atoms with Gasteiger partial charge in [0.15, 0.2) is 5.96 Å². The fraction of sp³-hybridized carbons (Fsp3) is 0.450. The number of halogens is 1. The summed E-state index contributed by atoms with van der Waals surface area (Å²) >= 11 is 0. The van der Waals surface area contributed by atoms with Crippen molar-refractivity contribution in [2.24, 2.45) is 10.9 Å². The molecule has 152 valence electrons. The van der Waals surface area contributed by atoms with Crippen LogP contribution in [-0.2, 0) is 16.1 Å². The number of carbonyl (C=O) groups excluding carboxylic acids is 1. The molecule has 1 fully saturated rings. The van der Waals surface area contributed by atoms with Crippen molar-refractivity contribution < 1.29 is 9.53 Å². The summed E-state index contributed by atoms with van der Waals surface area (Å²) in [6, 6.07) is 10.2. The molecule has 0 unspecified atom stereocenters. The normalized spacial score (nSPS) is 15.1. The molecule has 28 heavy (non-hydrogen) atoms. The number of guanidine groups is 1. The molecule has 0 aliphatic carbocycles. The van der Waals surface area contributed by atoms with Crippen molar-refractivity contribution in [3.63, 3.8) is 0 Å². The van der Waals surface area contributed by atoms with Crippen molar-refractivity contribution >= 4 is 35.9 Å². The number of carbonyl (C=O) groups is 1. The van der Waals surface area contributed by atoms with Crippen LogP contribution in [0.2, 0.25) is 0 Å². The monoisotopic (exact) mass is 497 g/mol. The molecule has 0 bridgehead atoms. The van der Waals surface area contributed by atoms with E-state index >= 15 is 0 Å². The number of methoxy groups -OCH3 is 1. The standard InChI is InChI=1S/C20H27N5O2.HI/c1-3-21-20(24-13-9-17(10-14-24)19(26)27-2)22-15-16-5-7-18(8-6-16)25-12-4-11-23-25;/h4-8,11-12,17H,3,9-10,13-15H2,1-2H3,(H,21,22);1H. The smallest absolute Gasteiger partial charge is 0.308 e. The number of ether oxygens (including phenoxy) is 1. The van der Waals surface area contributed by atoms with E-state index in [0.717, 1.165) is 49.7 Å². The second-order valence-electron chi connectivity index (χ2n) is 6.57. The minimum Gasteiger partial charge on any atom is -0.469 e. The largest absolute Gasteiger partial charge is 0.469 e. The van der Waals surface area contributed by atoms with Crippen molar-refractivity contribution in [2.45, 2.75) is 26.3 Å². The molecule has 1 N–H and O–H groups in total. The van der Waals surface area contributed by atoms with Crippen LogP contribution in [0, 0.1) is 5.92 Å². The lowest BCUT2D eigenvalue weighted by Gasteiger charge is -2.33. The van der Waals surface area contributed by atoms with Crippen molar-refractivity contribution in [3.8, 4) is 5.69 Å². The van der Waals surface area contributed by atoms with Crippen molar-refractivity contribution in [1.29, 1.82) is 0 Å². The predicted molar refractivity (Wildman–Crippen MR) is 120 cm³/mol. The number of nitrogens with zero attached hydrogens (tertiary/aromatic N) is 4. The lowest BCUT2D eigenvalue weighted by molar-refractivity contribution is -0.146. The molecular formula is C20H28IN5O2. The number of likely N-dealkylation sites (tertiary alicyclic amines) is 1. The highest BCUT2D eigenvalue weighted by atomic mass is 127. The number of nitrogens with one attached hydrogen (secondary N) is 1. The summed E-state index contributed by atoms with van der Waals surface area (Å²) in [5.74, 6) is 0.801. The van der Waals surface area contributed by atoms with Gasteiger partial charge >= 0.3 is 5.97 Å². The Kier molecular flexibility index (Phi) is 8.75. The van der Waals surface area contributed by atoms with Gasteiger partial charge in [-0.2, -0.15) is 5.10 Å². The molecule has 1 aliphatic rings. The van der Waals surface area contributed by atoms with Gasteiger partial charge in [0, 0.05) is 32.0 Å². The second kappa shape index (κ2) is 11.0. The van der Waals surface area contributed by atoms with Crippen LogP contribution in [-0.4, -0.2) is 53.4 Å². The molecule has 3 rings (SSSR count). The van der Waals surface area contributed by atoms with Gasteiger partial charge < -0.3 is 15.0 Å². The Labute approximate surface area is 183 Å². The van der Waals surface area contributed by atoms with Crippen LogP contribution >= 0.6 is 24.0 Å². The van der Waals surface area contributed by atoms with Gasteiger partial charge in [-0.05, 0) is 43.5 Å². The van der Waals surface area contributed by atoms with Gasteiger partial charge in [-0.3, -0.25) is 4.79 Å². The Morgan fingerprint density at radius 1 is 1.29 bits per heavy atom. The van der Waals surface area contributed by atoms with E-state index in [1.165, 1.54) is 7.11 Å². The van der Waals surface area contributed by atoms with Crippen molar-refractivity contribution in [2.75, 3.05) is 26.7 Å². The van der Waals surface area contributed by atoms with Crippen LogP contribution in [0.15, 0.2) is 47.7 Å². The van der Waals surface area contributed by atoms with E-state index in [0.29, 0.717) is 6.54 Å². The molecule has 7 nitrogen and oxygen atoms in total. The molecule has 1 saturated heterocycles. The zero-order chi connectivity index (χ0) is 19.1. The Morgan fingerprint density at radius 2 is 2.00 bits per heavy atom. The topological polar surface area (TPSA) is 71.8 Å². The molecule has 1 aliphatic heterocycles. The van der Waals surface area contributed by atoms with E-state index in [2.05, 4.69) is 34.4 Å². The van der Waals surface area contributed by atoms with Crippen LogP contribution in [0.1, 0.15) is 25.3 Å². The number of piperidine rings is 1. The summed E-state index contributed by atoms with van der Waals surface area (Å²) in [5, 5.41) is 7.60. The SMILES string of the molecule is CCNC(=NCc1ccc(-n2cccn2)cc1)N1CCC(C(=O)OC)CC1.I. The van der Waals surface area contributed by atoms with Crippen molar-refractivity contribution in [3.05, 3.63) is 48.3 Å². The quantitative estimate of drug-likeness (QED) is 0.298. The molecule has 2 heterocycles. The molecule has 0 radical (unpaired) electrons. The van der Waals surface area contributed by atoms with E-state index in [4.69, 9.17) is 9.73 Å². The number of aliphatic imine (C=N–C) groups is 1. The lowest BCUT2D eigenvalue weighted by atomic mass is 9.97. The molecule has 0 atom stereocenters. The summed E-state index contributed by atoms with van der Waals surface area (Å²) in [7, 11) is 1.46. The van der Waals surface area contributed by atoms with E-state index in [9.17, 15) is 4.79 Å². The van der Waals surface area contributed by atoms with Gasteiger partial charge in [-0.1, -0.05) is 12.1 Å². The van der Waals surface area contributed by atoms with Crippen LogP contribution in [0.5, 0.6) is 0 Å². The number of rotatable bonds is 5. The minimum absolute atomic E-state index is 0. The van der Waals surface area contributed by atoms with E-state index < -0.39 is 0 Å². The summed E-state index contributed by atoms with van der Waals surface area (Å²) in [6.07, 6.45) is 5.30. The summed E-state index contributed by atoms with van der Waals surface area (Å²) in [4.78, 5) is 18.7. The highest BCUT2D eigenvalue weighted by Crippen LogP contribution is 2.18. The molecule has 0 saturated carbocycles. The average Bonchev–Trinajstić information content (AvgIpc) is 3.26. The highest BCUT2D eigenvalue weighted by molar-refractivity contribution is 14.0. The van der Waals surface area contributed by atoms with E-state index in [1.54, 1.807) is 6.20 Å². The number of esters is 1. The third-order valence-electron chi connectivity index (χ3n) is 4.78. The number of hydrogen-bond acceptors (Lipinski definition) is 4. The molecule has 0 amide bonds. The molecule has 1 aromatic heterocycles. The Balaban J connectivity index is 0.00000280. The Hall–Kier alpha value is -2.10. The minimum atomic E-state index is -0.103. The van der Waals surface area contributed by atoms with Gasteiger partial charge in [0.25, 0.3) is 0 Å². The highest BCUT2D eigenvalue weighted by Gasteiger charge is 2.26. The fourth-order valence-corrected chi connectivity index (χ4v) is 3.26. The van der Waals surface area contributed by atoms with Gasteiger partial charge in [0.05, 0.1) is 25.3 Å². The molecule has 0 spiro atoms. The maximum absolute atomic E-state index is 11.7. The first-order chi connectivity index (χ1) is 13.2. The van der Waals surface area contributed by atoms with Gasteiger partial charge in [0.1, 0.15) is 0 Å². The fourth-order valence-electron chi connectivity index (χ4n) is 3.26. The third-order valence-corrected chi connectivity index (χ3v) is 4.78. The molecule has 1 aromatic carbocycles. The first kappa shape index (κ1) is 22.2. The first-order valence-electron chi connectivity index (χ1n) is 9.41. The van der Waals surface area contributed by atoms with Crippen LogP contribution < -0.4 is 5.32 Å². The molecule has 2 aromatic rings. The van der Waals surface area contributed by atoms with Gasteiger partial charge in [-0.15, -0.1) is 24.0 Å². The Bertz CT molecular complexity index is 753. The maximum atomic E-state index is 11.7. The summed E-state index contributed by atoms with van der Waals surface area (Å²) in [5.41, 5.74) is 2.18. The zero-order valence-corrected chi connectivity index (χ0v) is 18.7. The third kappa shape index (κ3) is 5.70. The van der Waals surface area contributed by atoms with Crippen LogP contribution in [0.4, 0.5) is 0 Å². The number of benzene rings is 1. The Morgan fingerprint density at radius 3 is 2.57 bits per heavy atom. The lowest BCUT2D eigenvalue weighted by Crippen LogP contribution is -2.46. The van der Waals surface area contributed by atoms with Crippen LogP contribution in [0.3, 0.4) is 0 Å². The maximum Gasteiger partial charge on any atom is 0.308 e. The average molecular weight is 497 g/mol. The molecule has 8 heteroatoms. The first-order valence-corrected chi connectivity index (χ1v) is 9.41.